The van der Waals surface area contributed by atoms with E-state index in [-0.39, 0.29) is 12.1 Å². The third-order valence-corrected chi connectivity index (χ3v) is 2.22. The summed E-state index contributed by atoms with van der Waals surface area (Å²) in [5, 5.41) is 11.4. The second-order valence-corrected chi connectivity index (χ2v) is 3.59. The fraction of sp³-hybridized carbons (Fsp3) is 0.273. The summed E-state index contributed by atoms with van der Waals surface area (Å²) < 4.78 is 12.8. The van der Waals surface area contributed by atoms with Crippen LogP contribution in [0, 0.1) is 12.7 Å². The van der Waals surface area contributed by atoms with Gasteiger partial charge in [0.15, 0.2) is 0 Å². The summed E-state index contributed by atoms with van der Waals surface area (Å²) in [6.07, 6.45) is -1.43. The smallest absolute Gasteiger partial charge is 0.251 e. The summed E-state index contributed by atoms with van der Waals surface area (Å²) in [6.45, 7) is 1.31. The molecule has 0 heterocycles. The lowest BCUT2D eigenvalue weighted by molar-refractivity contribution is -0.125. The first-order valence-corrected chi connectivity index (χ1v) is 4.93. The normalized spacial score (nSPS) is 11.9. The molecule has 0 saturated carbocycles. The number of nitrogens with two attached hydrogens (primary N) is 1. The van der Waals surface area contributed by atoms with E-state index in [1.807, 2.05) is 0 Å². The number of rotatable bonds is 4. The zero-order valence-corrected chi connectivity index (χ0v) is 9.24. The van der Waals surface area contributed by atoms with Gasteiger partial charge in [0, 0.05) is 5.56 Å². The quantitative estimate of drug-likeness (QED) is 0.675. The number of aliphatic hydroxyl groups excluding tert-OH is 1. The van der Waals surface area contributed by atoms with Gasteiger partial charge in [-0.15, -0.1) is 0 Å². The van der Waals surface area contributed by atoms with Gasteiger partial charge in [0.1, 0.15) is 11.9 Å². The van der Waals surface area contributed by atoms with Crippen LogP contribution in [0.1, 0.15) is 15.9 Å². The summed E-state index contributed by atoms with van der Waals surface area (Å²) in [5.74, 6) is -1.85. The molecule has 5 nitrogen and oxygen atoms in total. The van der Waals surface area contributed by atoms with Crippen molar-refractivity contribution in [1.82, 2.24) is 5.32 Å². The van der Waals surface area contributed by atoms with E-state index in [2.05, 4.69) is 5.32 Å². The van der Waals surface area contributed by atoms with Gasteiger partial charge in [0.25, 0.3) is 5.91 Å². The highest BCUT2D eigenvalue weighted by Crippen LogP contribution is 2.09. The minimum atomic E-state index is -1.43. The molecule has 6 heteroatoms. The van der Waals surface area contributed by atoms with Crippen molar-refractivity contribution < 1.29 is 19.1 Å². The summed E-state index contributed by atoms with van der Waals surface area (Å²) in [5.41, 5.74) is 5.57. The Kier molecular flexibility index (Phi) is 4.17. The van der Waals surface area contributed by atoms with Gasteiger partial charge in [0.05, 0.1) is 6.54 Å². The van der Waals surface area contributed by atoms with Gasteiger partial charge in [-0.3, -0.25) is 9.59 Å². The molecule has 0 aliphatic rings. The first kappa shape index (κ1) is 13.1. The molecule has 0 aliphatic heterocycles. The molecule has 0 saturated heterocycles. The van der Waals surface area contributed by atoms with Crippen molar-refractivity contribution in [3.05, 3.63) is 35.1 Å². The number of hydrogen-bond donors (Lipinski definition) is 3. The van der Waals surface area contributed by atoms with Crippen molar-refractivity contribution in [3.8, 4) is 0 Å². The number of halogens is 1. The van der Waals surface area contributed by atoms with Gasteiger partial charge in [-0.25, -0.2) is 4.39 Å². The SMILES string of the molecule is Cc1cc(F)ccc1C(=O)NCC(O)C(N)=O. The third kappa shape index (κ3) is 3.53. The monoisotopic (exact) mass is 240 g/mol. The predicted molar refractivity (Wildman–Crippen MR) is 58.7 cm³/mol. The predicted octanol–water partition coefficient (Wildman–Crippen LogP) is -0.290. The van der Waals surface area contributed by atoms with Crippen LogP contribution in [0.15, 0.2) is 18.2 Å². The highest BCUT2D eigenvalue weighted by molar-refractivity contribution is 5.95. The molecular weight excluding hydrogens is 227 g/mol. The largest absolute Gasteiger partial charge is 0.381 e. The fourth-order valence-electron chi connectivity index (χ4n) is 1.27. The van der Waals surface area contributed by atoms with E-state index in [1.165, 1.54) is 12.1 Å². The zero-order chi connectivity index (χ0) is 13.0. The Morgan fingerprint density at radius 2 is 2.18 bits per heavy atom. The lowest BCUT2D eigenvalue weighted by Crippen LogP contribution is -2.40. The maximum Gasteiger partial charge on any atom is 0.251 e. The number of benzene rings is 1. The number of aryl methyl sites for hydroxylation is 1. The Morgan fingerprint density at radius 3 is 2.71 bits per heavy atom. The molecule has 0 fully saturated rings. The lowest BCUT2D eigenvalue weighted by Gasteiger charge is -2.10. The Hall–Kier alpha value is -1.95. The van der Waals surface area contributed by atoms with E-state index >= 15 is 0 Å². The van der Waals surface area contributed by atoms with Crippen LogP contribution in [0.4, 0.5) is 4.39 Å². The Morgan fingerprint density at radius 1 is 1.53 bits per heavy atom. The molecule has 1 aromatic rings. The molecule has 0 aliphatic carbocycles. The van der Waals surface area contributed by atoms with Crippen LogP contribution in [0.2, 0.25) is 0 Å². The number of hydrogen-bond acceptors (Lipinski definition) is 3. The lowest BCUT2D eigenvalue weighted by atomic mass is 10.1. The van der Waals surface area contributed by atoms with E-state index in [1.54, 1.807) is 6.92 Å². The van der Waals surface area contributed by atoms with Crippen LogP contribution < -0.4 is 11.1 Å². The Bertz CT molecular complexity index is 448. The van der Waals surface area contributed by atoms with Gasteiger partial charge < -0.3 is 16.2 Å². The van der Waals surface area contributed by atoms with E-state index < -0.39 is 23.7 Å². The summed E-state index contributed by atoms with van der Waals surface area (Å²) in [6, 6.07) is 3.71. The maximum atomic E-state index is 12.8. The van der Waals surface area contributed by atoms with Crippen molar-refractivity contribution >= 4 is 11.8 Å². The van der Waals surface area contributed by atoms with E-state index in [4.69, 9.17) is 10.8 Å². The number of carbonyl (C=O) groups excluding carboxylic acids is 2. The third-order valence-electron chi connectivity index (χ3n) is 2.22. The van der Waals surface area contributed by atoms with Crippen molar-refractivity contribution in [2.45, 2.75) is 13.0 Å². The van der Waals surface area contributed by atoms with Gasteiger partial charge in [-0.1, -0.05) is 0 Å². The molecule has 0 radical (unpaired) electrons. The average molecular weight is 240 g/mol. The van der Waals surface area contributed by atoms with Crippen LogP contribution in [0.25, 0.3) is 0 Å². The molecule has 1 aromatic carbocycles. The summed E-state index contributed by atoms with van der Waals surface area (Å²) >= 11 is 0. The first-order valence-electron chi connectivity index (χ1n) is 4.93. The van der Waals surface area contributed by atoms with Crippen molar-refractivity contribution in [1.29, 1.82) is 0 Å². The molecule has 1 atom stereocenters. The molecule has 17 heavy (non-hydrogen) atoms. The van der Waals surface area contributed by atoms with Crippen molar-refractivity contribution in [3.63, 3.8) is 0 Å². The van der Waals surface area contributed by atoms with Gasteiger partial charge >= 0.3 is 0 Å². The highest BCUT2D eigenvalue weighted by Gasteiger charge is 2.14. The van der Waals surface area contributed by atoms with Gasteiger partial charge in [-0.05, 0) is 30.7 Å². The molecule has 4 N–H and O–H groups in total. The number of nitrogens with one attached hydrogen (secondary N) is 1. The topological polar surface area (TPSA) is 92.4 Å². The second-order valence-electron chi connectivity index (χ2n) is 3.59. The van der Waals surface area contributed by atoms with E-state index in [0.717, 1.165) is 6.07 Å². The van der Waals surface area contributed by atoms with Crippen LogP contribution >= 0.6 is 0 Å². The van der Waals surface area contributed by atoms with E-state index in [0.29, 0.717) is 5.56 Å². The number of primary amides is 1. The zero-order valence-electron chi connectivity index (χ0n) is 9.24. The Balaban J connectivity index is 2.67. The molecule has 0 aromatic heterocycles. The van der Waals surface area contributed by atoms with Crippen LogP contribution in [0.5, 0.6) is 0 Å². The fourth-order valence-corrected chi connectivity index (χ4v) is 1.27. The first-order chi connectivity index (χ1) is 7.91. The molecule has 1 rings (SSSR count). The molecule has 0 spiro atoms. The van der Waals surface area contributed by atoms with Crippen LogP contribution in [-0.4, -0.2) is 29.6 Å². The average Bonchev–Trinajstić information content (AvgIpc) is 2.25. The van der Waals surface area contributed by atoms with Crippen molar-refractivity contribution in [2.24, 2.45) is 5.73 Å². The maximum absolute atomic E-state index is 12.8. The molecule has 2 amide bonds. The summed E-state index contributed by atoms with van der Waals surface area (Å²) in [7, 11) is 0. The molecule has 0 bridgehead atoms. The van der Waals surface area contributed by atoms with Crippen molar-refractivity contribution in [2.75, 3.05) is 6.54 Å². The van der Waals surface area contributed by atoms with Crippen LogP contribution in [-0.2, 0) is 4.79 Å². The van der Waals surface area contributed by atoms with Crippen LogP contribution in [0.3, 0.4) is 0 Å². The second kappa shape index (κ2) is 5.40. The molecular formula is C11H13FN2O3. The minimum Gasteiger partial charge on any atom is -0.381 e. The number of amides is 2. The number of aliphatic hydroxyl groups is 1. The minimum absolute atomic E-state index is 0.273. The summed E-state index contributed by atoms with van der Waals surface area (Å²) in [4.78, 5) is 22.1. The standard InChI is InChI=1S/C11H13FN2O3/c1-6-4-7(12)2-3-8(6)11(17)14-5-9(15)10(13)16/h2-4,9,15H,5H2,1H3,(H2,13,16)(H,14,17). The Labute approximate surface area is 97.4 Å². The van der Waals surface area contributed by atoms with Gasteiger partial charge in [0.2, 0.25) is 5.91 Å². The molecule has 92 valence electrons. The molecule has 1 unspecified atom stereocenters. The van der Waals surface area contributed by atoms with Gasteiger partial charge in [-0.2, -0.15) is 0 Å². The van der Waals surface area contributed by atoms with E-state index in [9.17, 15) is 14.0 Å². The highest BCUT2D eigenvalue weighted by atomic mass is 19.1. The number of carbonyl (C=O) groups is 2.